The number of hydrogen-bond acceptors (Lipinski definition) is 4. The molecule has 0 aliphatic rings. The molecule has 0 saturated heterocycles. The van der Waals surface area contributed by atoms with E-state index in [2.05, 4.69) is 10.4 Å². The minimum absolute atomic E-state index is 0.0230. The lowest BCUT2D eigenvalue weighted by Gasteiger charge is -2.09. The topological polar surface area (TPSA) is 93.5 Å². The maximum absolute atomic E-state index is 12.0. The average molecular weight is 317 g/mol. The molecule has 0 aliphatic carbocycles. The van der Waals surface area contributed by atoms with Crippen molar-refractivity contribution in [2.24, 2.45) is 0 Å². The van der Waals surface area contributed by atoms with Crippen LogP contribution in [0.3, 0.4) is 0 Å². The molecule has 0 saturated carbocycles. The van der Waals surface area contributed by atoms with Gasteiger partial charge >= 0.3 is 5.97 Å². The lowest BCUT2D eigenvalue weighted by Crippen LogP contribution is -2.25. The fourth-order valence-electron chi connectivity index (χ4n) is 2.09. The van der Waals surface area contributed by atoms with Gasteiger partial charge < -0.3 is 15.2 Å². The number of methoxy groups -OCH3 is 1. The summed E-state index contributed by atoms with van der Waals surface area (Å²) in [6.07, 6.45) is 2.09. The van der Waals surface area contributed by atoms with E-state index in [1.54, 1.807) is 24.1 Å². The van der Waals surface area contributed by atoms with Gasteiger partial charge in [-0.05, 0) is 37.1 Å². The van der Waals surface area contributed by atoms with Gasteiger partial charge in [-0.3, -0.25) is 9.59 Å². The van der Waals surface area contributed by atoms with Crippen LogP contribution in [0.1, 0.15) is 28.9 Å². The highest BCUT2D eigenvalue weighted by Crippen LogP contribution is 2.23. The van der Waals surface area contributed by atoms with Crippen LogP contribution in [0.25, 0.3) is 5.69 Å². The zero-order chi connectivity index (χ0) is 16.8. The van der Waals surface area contributed by atoms with Gasteiger partial charge in [0.25, 0.3) is 5.91 Å². The molecule has 2 aromatic rings. The summed E-state index contributed by atoms with van der Waals surface area (Å²) in [5, 5.41) is 15.5. The standard InChI is InChI=1S/C16H19N3O4/c1-11-5-6-14(23-2)13(10-11)19-9-7-12(18-19)16(22)17-8-3-4-15(20)21/h5-7,9-10H,3-4,8H2,1-2H3,(H,17,22)(H,20,21). The first-order valence-electron chi connectivity index (χ1n) is 7.22. The molecule has 2 N–H and O–H groups in total. The fraction of sp³-hybridized carbons (Fsp3) is 0.312. The normalized spacial score (nSPS) is 10.3. The van der Waals surface area contributed by atoms with Crippen LogP contribution in [-0.2, 0) is 4.79 Å². The number of aryl methyl sites for hydroxylation is 1. The Morgan fingerprint density at radius 1 is 1.35 bits per heavy atom. The minimum atomic E-state index is -0.880. The van der Waals surface area contributed by atoms with Crippen molar-refractivity contribution < 1.29 is 19.4 Å². The molecular formula is C16H19N3O4. The van der Waals surface area contributed by atoms with Crippen LogP contribution in [-0.4, -0.2) is 40.4 Å². The summed E-state index contributed by atoms with van der Waals surface area (Å²) in [6, 6.07) is 7.30. The molecule has 1 aromatic heterocycles. The maximum atomic E-state index is 12.0. The second-order valence-corrected chi connectivity index (χ2v) is 5.07. The van der Waals surface area contributed by atoms with Crippen LogP contribution in [0, 0.1) is 6.92 Å². The summed E-state index contributed by atoms with van der Waals surface area (Å²) in [5.41, 5.74) is 2.07. The van der Waals surface area contributed by atoms with E-state index in [-0.39, 0.29) is 18.0 Å². The Bertz CT molecular complexity index is 709. The molecule has 23 heavy (non-hydrogen) atoms. The van der Waals surface area contributed by atoms with E-state index in [1.807, 2.05) is 25.1 Å². The highest BCUT2D eigenvalue weighted by molar-refractivity contribution is 5.92. The Morgan fingerprint density at radius 2 is 2.13 bits per heavy atom. The number of rotatable bonds is 7. The van der Waals surface area contributed by atoms with Crippen LogP contribution < -0.4 is 10.1 Å². The molecule has 1 amide bonds. The number of hydrogen-bond donors (Lipinski definition) is 2. The third-order valence-corrected chi connectivity index (χ3v) is 3.26. The lowest BCUT2D eigenvalue weighted by molar-refractivity contribution is -0.137. The number of ether oxygens (including phenoxy) is 1. The average Bonchev–Trinajstić information content (AvgIpc) is 3.01. The highest BCUT2D eigenvalue weighted by atomic mass is 16.5. The van der Waals surface area contributed by atoms with E-state index in [4.69, 9.17) is 9.84 Å². The Morgan fingerprint density at radius 3 is 2.83 bits per heavy atom. The largest absolute Gasteiger partial charge is 0.494 e. The number of nitrogens with one attached hydrogen (secondary N) is 1. The van der Waals surface area contributed by atoms with Gasteiger partial charge in [-0.25, -0.2) is 4.68 Å². The summed E-state index contributed by atoms with van der Waals surface area (Å²) in [5.74, 6) is -0.553. The van der Waals surface area contributed by atoms with Crippen LogP contribution in [0.4, 0.5) is 0 Å². The summed E-state index contributed by atoms with van der Waals surface area (Å²) in [6.45, 7) is 2.26. The first-order chi connectivity index (χ1) is 11.0. The van der Waals surface area contributed by atoms with E-state index >= 15 is 0 Å². The highest BCUT2D eigenvalue weighted by Gasteiger charge is 2.12. The molecule has 0 spiro atoms. The number of aliphatic carboxylic acids is 1. The monoisotopic (exact) mass is 317 g/mol. The zero-order valence-electron chi connectivity index (χ0n) is 13.1. The van der Waals surface area contributed by atoms with E-state index in [0.717, 1.165) is 11.3 Å². The van der Waals surface area contributed by atoms with Gasteiger partial charge in [0.05, 0.1) is 7.11 Å². The lowest BCUT2D eigenvalue weighted by atomic mass is 10.2. The van der Waals surface area contributed by atoms with Gasteiger partial charge in [0.1, 0.15) is 11.4 Å². The number of aromatic nitrogens is 2. The number of amides is 1. The van der Waals surface area contributed by atoms with Gasteiger partial charge in [0, 0.05) is 19.2 Å². The number of benzene rings is 1. The van der Waals surface area contributed by atoms with E-state index < -0.39 is 5.97 Å². The molecule has 0 bridgehead atoms. The Kier molecular flexibility index (Phi) is 5.35. The van der Waals surface area contributed by atoms with Crippen LogP contribution in [0.15, 0.2) is 30.5 Å². The van der Waals surface area contributed by atoms with Crippen molar-refractivity contribution in [1.82, 2.24) is 15.1 Å². The Balaban J connectivity index is 2.07. The predicted molar refractivity (Wildman–Crippen MR) is 84.1 cm³/mol. The minimum Gasteiger partial charge on any atom is -0.494 e. The number of nitrogens with zero attached hydrogens (tertiary/aromatic N) is 2. The van der Waals surface area contributed by atoms with E-state index in [0.29, 0.717) is 18.7 Å². The van der Waals surface area contributed by atoms with Crippen molar-refractivity contribution in [1.29, 1.82) is 0 Å². The molecule has 1 aromatic carbocycles. The van der Waals surface area contributed by atoms with Gasteiger partial charge in [-0.15, -0.1) is 0 Å². The molecule has 122 valence electrons. The molecule has 0 atom stereocenters. The van der Waals surface area contributed by atoms with Gasteiger partial charge in [0.15, 0.2) is 5.69 Å². The van der Waals surface area contributed by atoms with Crippen molar-refractivity contribution in [2.75, 3.05) is 13.7 Å². The molecule has 0 unspecified atom stereocenters. The number of carbonyl (C=O) groups is 2. The van der Waals surface area contributed by atoms with Crippen LogP contribution in [0.5, 0.6) is 5.75 Å². The van der Waals surface area contributed by atoms with Crippen LogP contribution >= 0.6 is 0 Å². The smallest absolute Gasteiger partial charge is 0.303 e. The van der Waals surface area contributed by atoms with Gasteiger partial charge in [-0.2, -0.15) is 5.10 Å². The number of carbonyl (C=O) groups excluding carboxylic acids is 1. The summed E-state index contributed by atoms with van der Waals surface area (Å²) >= 11 is 0. The molecule has 2 rings (SSSR count). The summed E-state index contributed by atoms with van der Waals surface area (Å²) in [7, 11) is 1.58. The second-order valence-electron chi connectivity index (χ2n) is 5.07. The van der Waals surface area contributed by atoms with Crippen molar-refractivity contribution in [3.63, 3.8) is 0 Å². The van der Waals surface area contributed by atoms with E-state index in [9.17, 15) is 9.59 Å². The number of carboxylic acids is 1. The molecule has 0 aliphatic heterocycles. The fourth-order valence-corrected chi connectivity index (χ4v) is 2.09. The SMILES string of the molecule is COc1ccc(C)cc1-n1ccc(C(=O)NCCCC(=O)O)n1. The summed E-state index contributed by atoms with van der Waals surface area (Å²) in [4.78, 5) is 22.4. The number of carboxylic acid groups (broad SMARTS) is 1. The molecule has 0 radical (unpaired) electrons. The quantitative estimate of drug-likeness (QED) is 0.759. The first kappa shape index (κ1) is 16.5. The first-order valence-corrected chi connectivity index (χ1v) is 7.22. The summed E-state index contributed by atoms with van der Waals surface area (Å²) < 4.78 is 6.89. The van der Waals surface area contributed by atoms with E-state index in [1.165, 1.54) is 0 Å². The van der Waals surface area contributed by atoms with Crippen LogP contribution in [0.2, 0.25) is 0 Å². The molecule has 0 fully saturated rings. The van der Waals surface area contributed by atoms with Crippen molar-refractivity contribution in [2.45, 2.75) is 19.8 Å². The van der Waals surface area contributed by atoms with Crippen molar-refractivity contribution in [3.8, 4) is 11.4 Å². The van der Waals surface area contributed by atoms with Gasteiger partial charge in [-0.1, -0.05) is 6.07 Å². The Hall–Kier alpha value is -2.83. The van der Waals surface area contributed by atoms with Crippen molar-refractivity contribution >= 4 is 11.9 Å². The van der Waals surface area contributed by atoms with Gasteiger partial charge in [0.2, 0.25) is 0 Å². The second kappa shape index (κ2) is 7.44. The zero-order valence-corrected chi connectivity index (χ0v) is 13.1. The molecule has 1 heterocycles. The third-order valence-electron chi connectivity index (χ3n) is 3.26. The Labute approximate surface area is 133 Å². The van der Waals surface area contributed by atoms with Crippen molar-refractivity contribution in [3.05, 3.63) is 41.7 Å². The predicted octanol–water partition coefficient (Wildman–Crippen LogP) is 1.78. The molecular weight excluding hydrogens is 298 g/mol. The molecule has 7 nitrogen and oxygen atoms in total. The third kappa shape index (κ3) is 4.32. The molecule has 7 heteroatoms. The maximum Gasteiger partial charge on any atom is 0.303 e.